The Bertz CT molecular complexity index is 1010. The summed E-state index contributed by atoms with van der Waals surface area (Å²) in [5.74, 6) is -0.274. The highest BCUT2D eigenvalue weighted by atomic mass is 16.3. The molecule has 1 aromatic heterocycles. The number of hydrogen-bond donors (Lipinski definition) is 1. The van der Waals surface area contributed by atoms with E-state index in [4.69, 9.17) is 5.26 Å². The monoisotopic (exact) mass is 341 g/mol. The maximum Gasteiger partial charge on any atom is 0.259 e. The summed E-state index contributed by atoms with van der Waals surface area (Å²) >= 11 is 0. The number of rotatable bonds is 3. The number of fused-ring (bicyclic) bond motifs is 1. The van der Waals surface area contributed by atoms with Gasteiger partial charge in [-0.05, 0) is 29.8 Å². The van der Waals surface area contributed by atoms with Crippen LogP contribution in [0.5, 0.6) is 0 Å². The van der Waals surface area contributed by atoms with Crippen LogP contribution in [-0.4, -0.2) is 20.9 Å². The normalized spacial score (nSPS) is 18.5. The zero-order valence-corrected chi connectivity index (χ0v) is 13.8. The van der Waals surface area contributed by atoms with Crippen LogP contribution in [0.2, 0.25) is 0 Å². The molecule has 0 spiro atoms. The molecule has 1 amide bonds. The van der Waals surface area contributed by atoms with E-state index < -0.39 is 5.72 Å². The molecule has 5 nitrogen and oxygen atoms in total. The topological polar surface area (TPSA) is 77.2 Å². The van der Waals surface area contributed by atoms with Crippen molar-refractivity contribution in [3.05, 3.63) is 101 Å². The van der Waals surface area contributed by atoms with Crippen LogP contribution in [0.25, 0.3) is 0 Å². The summed E-state index contributed by atoms with van der Waals surface area (Å²) in [6, 6.07) is 21.5. The lowest BCUT2D eigenvalue weighted by molar-refractivity contribution is -0.0569. The second-order valence-corrected chi connectivity index (χ2v) is 6.14. The molecule has 4 rings (SSSR count). The minimum Gasteiger partial charge on any atom is -0.362 e. The third-order valence-electron chi connectivity index (χ3n) is 4.60. The number of aliphatic hydroxyl groups is 1. The fraction of sp³-hybridized carbons (Fsp3) is 0.0952. The Kier molecular flexibility index (Phi) is 3.76. The Hall–Kier alpha value is -3.49. The van der Waals surface area contributed by atoms with Crippen molar-refractivity contribution in [2.24, 2.45) is 0 Å². The van der Waals surface area contributed by atoms with Crippen molar-refractivity contribution in [3.63, 3.8) is 0 Å². The molecule has 3 aromatic rings. The first-order valence-electron chi connectivity index (χ1n) is 8.19. The lowest BCUT2D eigenvalue weighted by atomic mass is 9.97. The first-order chi connectivity index (χ1) is 12.6. The number of aromatic nitrogens is 1. The Labute approximate surface area is 150 Å². The molecule has 1 aliphatic heterocycles. The van der Waals surface area contributed by atoms with Crippen molar-refractivity contribution in [2.45, 2.75) is 12.3 Å². The molecule has 1 N–H and O–H groups in total. The van der Waals surface area contributed by atoms with Gasteiger partial charge in [0.2, 0.25) is 5.72 Å². The summed E-state index contributed by atoms with van der Waals surface area (Å²) < 4.78 is 0. The molecule has 1 atom stereocenters. The quantitative estimate of drug-likeness (QED) is 0.795. The molecule has 0 saturated heterocycles. The summed E-state index contributed by atoms with van der Waals surface area (Å²) in [5.41, 5.74) is 0.898. The molecule has 126 valence electrons. The van der Waals surface area contributed by atoms with Crippen molar-refractivity contribution < 1.29 is 9.90 Å². The van der Waals surface area contributed by atoms with E-state index in [1.54, 1.807) is 42.6 Å². The number of carbonyl (C=O) groups excluding carboxylic acids is 1. The maximum absolute atomic E-state index is 13.0. The van der Waals surface area contributed by atoms with Gasteiger partial charge >= 0.3 is 0 Å². The Morgan fingerprint density at radius 3 is 2.46 bits per heavy atom. The van der Waals surface area contributed by atoms with Crippen LogP contribution in [0.4, 0.5) is 0 Å². The van der Waals surface area contributed by atoms with Crippen LogP contribution < -0.4 is 0 Å². The van der Waals surface area contributed by atoms with Gasteiger partial charge in [0.05, 0.1) is 17.2 Å². The van der Waals surface area contributed by atoms with Gasteiger partial charge in [0, 0.05) is 18.3 Å². The van der Waals surface area contributed by atoms with E-state index in [0.29, 0.717) is 22.4 Å². The average Bonchev–Trinajstić information content (AvgIpc) is 2.92. The highest BCUT2D eigenvalue weighted by molar-refractivity contribution is 5.99. The van der Waals surface area contributed by atoms with Crippen LogP contribution >= 0.6 is 0 Å². The highest BCUT2D eigenvalue weighted by Crippen LogP contribution is 2.41. The highest BCUT2D eigenvalue weighted by Gasteiger charge is 2.51. The van der Waals surface area contributed by atoms with Crippen LogP contribution in [0, 0.1) is 11.3 Å². The summed E-state index contributed by atoms with van der Waals surface area (Å²) in [7, 11) is 0. The standard InChI is InChI=1S/C21H15N3O2/c22-13-15-8-10-17(11-9-15)21(26)19-18(7-4-12-23-19)20(25)24(21)14-16-5-2-1-3-6-16/h1-12,26H,14H2. The zero-order valence-electron chi connectivity index (χ0n) is 13.8. The molecule has 1 aliphatic rings. The SMILES string of the molecule is N#Cc1ccc(C2(O)c3ncccc3C(=O)N2Cc2ccccc2)cc1. The number of nitrogens with zero attached hydrogens (tertiary/aromatic N) is 3. The lowest BCUT2D eigenvalue weighted by Gasteiger charge is -2.34. The van der Waals surface area contributed by atoms with Gasteiger partial charge in [0.1, 0.15) is 5.69 Å². The minimum absolute atomic E-state index is 0.243. The first kappa shape index (κ1) is 16.0. The smallest absolute Gasteiger partial charge is 0.259 e. The molecule has 26 heavy (non-hydrogen) atoms. The van der Waals surface area contributed by atoms with Crippen molar-refractivity contribution in [3.8, 4) is 6.07 Å². The minimum atomic E-state index is -1.68. The number of nitriles is 1. The Balaban J connectivity index is 1.86. The Morgan fingerprint density at radius 1 is 1.04 bits per heavy atom. The molecule has 2 heterocycles. The fourth-order valence-electron chi connectivity index (χ4n) is 3.30. The van der Waals surface area contributed by atoms with Gasteiger partial charge in [-0.15, -0.1) is 0 Å². The van der Waals surface area contributed by atoms with Crippen molar-refractivity contribution in [2.75, 3.05) is 0 Å². The van der Waals surface area contributed by atoms with Crippen molar-refractivity contribution >= 4 is 5.91 Å². The van der Waals surface area contributed by atoms with Gasteiger partial charge in [-0.2, -0.15) is 5.26 Å². The van der Waals surface area contributed by atoms with Crippen LogP contribution in [0.1, 0.15) is 32.7 Å². The number of carbonyl (C=O) groups is 1. The van der Waals surface area contributed by atoms with Gasteiger partial charge < -0.3 is 5.11 Å². The number of amides is 1. The molecule has 0 aliphatic carbocycles. The molecule has 0 bridgehead atoms. The van der Waals surface area contributed by atoms with E-state index in [2.05, 4.69) is 11.1 Å². The van der Waals surface area contributed by atoms with Gasteiger partial charge in [-0.25, -0.2) is 0 Å². The fourth-order valence-corrected chi connectivity index (χ4v) is 3.30. The molecular weight excluding hydrogens is 326 g/mol. The van der Waals surface area contributed by atoms with E-state index in [9.17, 15) is 9.90 Å². The summed E-state index contributed by atoms with van der Waals surface area (Å²) in [6.45, 7) is 0.243. The van der Waals surface area contributed by atoms with E-state index in [0.717, 1.165) is 5.56 Å². The average molecular weight is 341 g/mol. The molecule has 1 unspecified atom stereocenters. The number of benzene rings is 2. The molecule has 0 saturated carbocycles. The number of pyridine rings is 1. The van der Waals surface area contributed by atoms with Crippen molar-refractivity contribution in [1.29, 1.82) is 5.26 Å². The van der Waals surface area contributed by atoms with E-state index in [1.165, 1.54) is 4.90 Å². The van der Waals surface area contributed by atoms with Crippen LogP contribution in [-0.2, 0) is 12.3 Å². The number of hydrogen-bond acceptors (Lipinski definition) is 4. The third-order valence-corrected chi connectivity index (χ3v) is 4.60. The first-order valence-corrected chi connectivity index (χ1v) is 8.19. The molecule has 2 aromatic carbocycles. The third kappa shape index (κ3) is 2.36. The largest absolute Gasteiger partial charge is 0.362 e. The van der Waals surface area contributed by atoms with E-state index >= 15 is 0 Å². The molecule has 5 heteroatoms. The van der Waals surface area contributed by atoms with E-state index in [1.807, 2.05) is 30.3 Å². The Morgan fingerprint density at radius 2 is 1.77 bits per heavy atom. The van der Waals surface area contributed by atoms with Gasteiger partial charge in [0.15, 0.2) is 0 Å². The van der Waals surface area contributed by atoms with Gasteiger partial charge in [-0.3, -0.25) is 14.7 Å². The van der Waals surface area contributed by atoms with Crippen LogP contribution in [0.15, 0.2) is 72.9 Å². The molecule has 0 fully saturated rings. The summed E-state index contributed by atoms with van der Waals surface area (Å²) in [4.78, 5) is 18.7. The van der Waals surface area contributed by atoms with Gasteiger partial charge in [0.25, 0.3) is 5.91 Å². The zero-order chi connectivity index (χ0) is 18.1. The lowest BCUT2D eigenvalue weighted by Crippen LogP contribution is -2.44. The second-order valence-electron chi connectivity index (χ2n) is 6.14. The van der Waals surface area contributed by atoms with E-state index in [-0.39, 0.29) is 12.5 Å². The second kappa shape index (κ2) is 6.10. The van der Waals surface area contributed by atoms with Crippen LogP contribution in [0.3, 0.4) is 0 Å². The predicted octanol–water partition coefficient (Wildman–Crippen LogP) is 2.80. The summed E-state index contributed by atoms with van der Waals surface area (Å²) in [6.07, 6.45) is 1.56. The summed E-state index contributed by atoms with van der Waals surface area (Å²) in [5, 5.41) is 20.6. The van der Waals surface area contributed by atoms with Crippen molar-refractivity contribution in [1.82, 2.24) is 9.88 Å². The molecule has 0 radical (unpaired) electrons. The maximum atomic E-state index is 13.0. The predicted molar refractivity (Wildman–Crippen MR) is 94.7 cm³/mol. The molecular formula is C21H15N3O2. The van der Waals surface area contributed by atoms with Gasteiger partial charge in [-0.1, -0.05) is 42.5 Å².